The number of nitrogen functional groups attached to an aromatic ring is 1. The molecule has 0 aromatic heterocycles. The van der Waals surface area contributed by atoms with Gasteiger partial charge in [0.2, 0.25) is 0 Å². The number of nitrogens with one attached hydrogen (secondary N) is 2. The summed E-state index contributed by atoms with van der Waals surface area (Å²) in [5, 5.41) is 4.76. The van der Waals surface area contributed by atoms with Crippen LogP contribution in [0.3, 0.4) is 0 Å². The van der Waals surface area contributed by atoms with Crippen LogP contribution in [0.4, 0.5) is 10.5 Å². The fourth-order valence-corrected chi connectivity index (χ4v) is 2.39. The molecule has 0 saturated heterocycles. The maximum atomic E-state index is 12.0. The summed E-state index contributed by atoms with van der Waals surface area (Å²) in [4.78, 5) is 23.8. The fraction of sp³-hybridized carbons (Fsp3) is 0.300. The Morgan fingerprint density at radius 2 is 1.73 bits per heavy atom. The van der Waals surface area contributed by atoms with Crippen LogP contribution >= 0.6 is 0 Å². The number of benzene rings is 2. The topological polar surface area (TPSA) is 93.5 Å². The minimum absolute atomic E-state index is 0.0486. The number of urea groups is 1. The lowest BCUT2D eigenvalue weighted by atomic mass is 9.85. The van der Waals surface area contributed by atoms with Gasteiger partial charge in [0.1, 0.15) is 5.75 Å². The van der Waals surface area contributed by atoms with Crippen molar-refractivity contribution in [3.8, 4) is 5.75 Å². The Labute approximate surface area is 153 Å². The van der Waals surface area contributed by atoms with Crippen molar-refractivity contribution in [3.63, 3.8) is 0 Å². The number of ether oxygens (including phenoxy) is 1. The zero-order chi connectivity index (χ0) is 19.3. The second kappa shape index (κ2) is 7.91. The number of anilines is 1. The van der Waals surface area contributed by atoms with Gasteiger partial charge in [0, 0.05) is 11.3 Å². The minimum Gasteiger partial charge on any atom is -0.473 e. The first-order valence-corrected chi connectivity index (χ1v) is 8.35. The maximum Gasteiger partial charge on any atom is 0.324 e. The Morgan fingerprint density at radius 1 is 1.08 bits per heavy atom. The molecule has 138 valence electrons. The average molecular weight is 355 g/mol. The van der Waals surface area contributed by atoms with E-state index in [4.69, 9.17) is 10.5 Å². The van der Waals surface area contributed by atoms with Gasteiger partial charge in [-0.2, -0.15) is 0 Å². The van der Waals surface area contributed by atoms with Gasteiger partial charge >= 0.3 is 6.03 Å². The van der Waals surface area contributed by atoms with Crippen molar-refractivity contribution in [2.45, 2.75) is 33.1 Å². The molecule has 0 aliphatic heterocycles. The molecule has 0 atom stereocenters. The number of aryl methyl sites for hydroxylation is 1. The summed E-state index contributed by atoms with van der Waals surface area (Å²) in [5.74, 6) is 0.196. The minimum atomic E-state index is -0.628. The zero-order valence-electron chi connectivity index (χ0n) is 15.6. The predicted molar refractivity (Wildman–Crippen MR) is 102 cm³/mol. The predicted octanol–water partition coefficient (Wildman–Crippen LogP) is 3.35. The number of hydrogen-bond donors (Lipinski definition) is 3. The molecule has 2 aromatic carbocycles. The fourth-order valence-electron chi connectivity index (χ4n) is 2.39. The largest absolute Gasteiger partial charge is 0.473 e. The van der Waals surface area contributed by atoms with Gasteiger partial charge in [-0.1, -0.05) is 38.5 Å². The molecule has 4 N–H and O–H groups in total. The Balaban J connectivity index is 1.91. The van der Waals surface area contributed by atoms with E-state index >= 15 is 0 Å². The Kier molecular flexibility index (Phi) is 5.87. The highest BCUT2D eigenvalue weighted by molar-refractivity contribution is 6.04. The van der Waals surface area contributed by atoms with Crippen molar-refractivity contribution in [1.82, 2.24) is 10.6 Å². The summed E-state index contributed by atoms with van der Waals surface area (Å²) in [7, 11) is 0. The van der Waals surface area contributed by atoms with Crippen LogP contribution in [0, 0.1) is 6.92 Å². The van der Waals surface area contributed by atoms with Gasteiger partial charge in [-0.3, -0.25) is 10.1 Å². The Bertz CT molecular complexity index is 793. The number of hydrogen-bond acceptors (Lipinski definition) is 4. The summed E-state index contributed by atoms with van der Waals surface area (Å²) in [6.45, 7) is 8.26. The molecule has 3 amide bonds. The van der Waals surface area contributed by atoms with E-state index in [1.54, 1.807) is 24.3 Å². The van der Waals surface area contributed by atoms with Crippen molar-refractivity contribution in [2.24, 2.45) is 0 Å². The quantitative estimate of drug-likeness (QED) is 0.579. The van der Waals surface area contributed by atoms with Gasteiger partial charge in [-0.05, 0) is 48.2 Å². The van der Waals surface area contributed by atoms with E-state index in [-0.39, 0.29) is 12.1 Å². The van der Waals surface area contributed by atoms with Gasteiger partial charge in [-0.25, -0.2) is 4.79 Å². The molecule has 0 spiro atoms. The summed E-state index contributed by atoms with van der Waals surface area (Å²) in [6, 6.07) is 11.6. The van der Waals surface area contributed by atoms with Crippen LogP contribution in [-0.2, 0) is 5.41 Å². The van der Waals surface area contributed by atoms with Crippen LogP contribution < -0.4 is 21.1 Å². The van der Waals surface area contributed by atoms with E-state index in [0.29, 0.717) is 17.0 Å². The van der Waals surface area contributed by atoms with E-state index in [1.165, 1.54) is 0 Å². The number of rotatable bonds is 4. The first-order chi connectivity index (χ1) is 12.2. The highest BCUT2D eigenvalue weighted by Gasteiger charge is 2.19. The van der Waals surface area contributed by atoms with Crippen molar-refractivity contribution < 1.29 is 14.3 Å². The van der Waals surface area contributed by atoms with Crippen molar-refractivity contribution in [2.75, 3.05) is 12.5 Å². The third kappa shape index (κ3) is 5.24. The second-order valence-corrected chi connectivity index (χ2v) is 7.12. The Hall–Kier alpha value is -3.02. The number of imide groups is 1. The van der Waals surface area contributed by atoms with Gasteiger partial charge < -0.3 is 15.8 Å². The molecule has 6 heteroatoms. The van der Waals surface area contributed by atoms with Crippen LogP contribution in [0.25, 0.3) is 0 Å². The van der Waals surface area contributed by atoms with E-state index in [2.05, 4.69) is 37.5 Å². The molecular formula is C20H25N3O3. The molecule has 26 heavy (non-hydrogen) atoms. The molecule has 0 radical (unpaired) electrons. The van der Waals surface area contributed by atoms with Gasteiger partial charge in [0.15, 0.2) is 6.73 Å². The molecule has 0 heterocycles. The van der Waals surface area contributed by atoms with E-state index in [9.17, 15) is 9.59 Å². The third-order valence-electron chi connectivity index (χ3n) is 3.80. The van der Waals surface area contributed by atoms with Crippen LogP contribution in [0.1, 0.15) is 42.3 Å². The number of carbonyl (C=O) groups excluding carboxylic acids is 2. The summed E-state index contributed by atoms with van der Waals surface area (Å²) in [5.41, 5.74) is 8.58. The van der Waals surface area contributed by atoms with Crippen LogP contribution in [-0.4, -0.2) is 18.7 Å². The van der Waals surface area contributed by atoms with E-state index in [0.717, 1.165) is 11.1 Å². The molecule has 2 aromatic rings. The molecular weight excluding hydrogens is 330 g/mol. The number of carbonyl (C=O) groups is 2. The van der Waals surface area contributed by atoms with Gasteiger partial charge in [0.05, 0.1) is 0 Å². The molecule has 0 unspecified atom stereocenters. The normalized spacial score (nSPS) is 10.9. The van der Waals surface area contributed by atoms with Crippen LogP contribution in [0.5, 0.6) is 5.75 Å². The van der Waals surface area contributed by atoms with Gasteiger partial charge in [-0.15, -0.1) is 0 Å². The molecule has 2 rings (SSSR count). The van der Waals surface area contributed by atoms with Gasteiger partial charge in [0.25, 0.3) is 5.91 Å². The standard InChI is InChI=1S/C20H25N3O3/c1-13-5-10-17(16(11-13)20(2,3)4)26-12-22-19(25)23-18(24)14-6-8-15(21)9-7-14/h5-11H,12,21H2,1-4H3,(H2,22,23,24,25). The second-order valence-electron chi connectivity index (χ2n) is 7.12. The van der Waals surface area contributed by atoms with Crippen LogP contribution in [0.2, 0.25) is 0 Å². The maximum absolute atomic E-state index is 12.0. The Morgan fingerprint density at radius 3 is 2.35 bits per heavy atom. The highest BCUT2D eigenvalue weighted by atomic mass is 16.5. The van der Waals surface area contributed by atoms with Crippen molar-refractivity contribution in [3.05, 3.63) is 59.2 Å². The highest BCUT2D eigenvalue weighted by Crippen LogP contribution is 2.31. The molecule has 0 bridgehead atoms. The monoisotopic (exact) mass is 355 g/mol. The van der Waals surface area contributed by atoms with Crippen molar-refractivity contribution in [1.29, 1.82) is 0 Å². The lowest BCUT2D eigenvalue weighted by Crippen LogP contribution is -2.41. The molecule has 0 saturated carbocycles. The number of amides is 3. The molecule has 0 fully saturated rings. The first-order valence-electron chi connectivity index (χ1n) is 8.35. The van der Waals surface area contributed by atoms with Crippen molar-refractivity contribution >= 4 is 17.6 Å². The average Bonchev–Trinajstić information content (AvgIpc) is 2.55. The van der Waals surface area contributed by atoms with E-state index < -0.39 is 11.9 Å². The first kappa shape index (κ1) is 19.3. The lowest BCUT2D eigenvalue weighted by molar-refractivity contribution is 0.0962. The zero-order valence-corrected chi connectivity index (χ0v) is 15.6. The smallest absolute Gasteiger partial charge is 0.324 e. The van der Waals surface area contributed by atoms with Crippen LogP contribution in [0.15, 0.2) is 42.5 Å². The summed E-state index contributed by atoms with van der Waals surface area (Å²) >= 11 is 0. The third-order valence-corrected chi connectivity index (χ3v) is 3.80. The lowest BCUT2D eigenvalue weighted by Gasteiger charge is -2.23. The summed E-state index contributed by atoms with van der Waals surface area (Å²) in [6.07, 6.45) is 0. The number of nitrogens with two attached hydrogens (primary N) is 1. The molecule has 6 nitrogen and oxygen atoms in total. The molecule has 0 aliphatic carbocycles. The van der Waals surface area contributed by atoms with E-state index in [1.807, 2.05) is 19.1 Å². The molecule has 0 aliphatic rings. The summed E-state index contributed by atoms with van der Waals surface area (Å²) < 4.78 is 5.69. The SMILES string of the molecule is Cc1ccc(OCNC(=O)NC(=O)c2ccc(N)cc2)c(C(C)(C)C)c1.